The van der Waals surface area contributed by atoms with E-state index in [0.717, 1.165) is 55.5 Å². The summed E-state index contributed by atoms with van der Waals surface area (Å²) in [5, 5.41) is 0. The van der Waals surface area contributed by atoms with Crippen molar-refractivity contribution in [3.05, 3.63) is 45.3 Å². The Kier molecular flexibility index (Phi) is 7.70. The SMILES string of the molecule is CCOC(=O)c1[nH]c(-c2[nH]c(-c3[nH]cc(CC)c3CC)c(CC)c2CC)c(CC)c1CC. The number of rotatable bonds is 10. The molecule has 0 saturated heterocycles. The van der Waals surface area contributed by atoms with Gasteiger partial charge in [-0.25, -0.2) is 4.79 Å². The second kappa shape index (κ2) is 10.3. The number of H-pyrrole nitrogens is 3. The zero-order valence-electron chi connectivity index (χ0n) is 20.8. The van der Waals surface area contributed by atoms with Crippen LogP contribution in [0.4, 0.5) is 0 Å². The Hall–Kier alpha value is -2.69. The number of nitrogens with one attached hydrogen (secondary N) is 3. The quantitative estimate of drug-likeness (QED) is 0.314. The molecule has 0 aliphatic heterocycles. The van der Waals surface area contributed by atoms with E-state index in [0.29, 0.717) is 12.3 Å². The number of carbonyl (C=O) groups excluding carboxylic acids is 1. The van der Waals surface area contributed by atoms with Gasteiger partial charge >= 0.3 is 5.97 Å². The van der Waals surface area contributed by atoms with Gasteiger partial charge in [-0.05, 0) is 78.8 Å². The van der Waals surface area contributed by atoms with Gasteiger partial charge in [-0.15, -0.1) is 0 Å². The van der Waals surface area contributed by atoms with E-state index in [4.69, 9.17) is 4.74 Å². The van der Waals surface area contributed by atoms with E-state index in [2.05, 4.69) is 62.7 Å². The van der Waals surface area contributed by atoms with Gasteiger partial charge in [0.1, 0.15) is 5.69 Å². The molecule has 0 aliphatic rings. The largest absolute Gasteiger partial charge is 0.461 e. The lowest BCUT2D eigenvalue weighted by molar-refractivity contribution is 0.0519. The van der Waals surface area contributed by atoms with Crippen molar-refractivity contribution in [2.75, 3.05) is 6.61 Å². The van der Waals surface area contributed by atoms with Gasteiger partial charge in [-0.3, -0.25) is 0 Å². The van der Waals surface area contributed by atoms with Crippen molar-refractivity contribution in [3.63, 3.8) is 0 Å². The number of hydrogen-bond donors (Lipinski definition) is 3. The van der Waals surface area contributed by atoms with Crippen molar-refractivity contribution in [1.29, 1.82) is 0 Å². The average Bonchev–Trinajstić information content (AvgIpc) is 3.49. The lowest BCUT2D eigenvalue weighted by atomic mass is 9.96. The molecule has 0 radical (unpaired) electrons. The fourth-order valence-corrected chi connectivity index (χ4v) is 5.17. The Labute approximate surface area is 192 Å². The zero-order chi connectivity index (χ0) is 23.4. The fraction of sp³-hybridized carbons (Fsp3) is 0.519. The summed E-state index contributed by atoms with van der Waals surface area (Å²) in [5.41, 5.74) is 12.8. The maximum Gasteiger partial charge on any atom is 0.355 e. The molecule has 3 aromatic rings. The fourth-order valence-electron chi connectivity index (χ4n) is 5.17. The minimum atomic E-state index is -0.268. The van der Waals surface area contributed by atoms with Crippen molar-refractivity contribution in [1.82, 2.24) is 15.0 Å². The van der Waals surface area contributed by atoms with Crippen LogP contribution in [0.15, 0.2) is 6.20 Å². The summed E-state index contributed by atoms with van der Waals surface area (Å²) in [7, 11) is 0. The van der Waals surface area contributed by atoms with Gasteiger partial charge in [0.25, 0.3) is 0 Å². The lowest BCUT2D eigenvalue weighted by Gasteiger charge is -2.06. The Morgan fingerprint density at radius 2 is 1.16 bits per heavy atom. The van der Waals surface area contributed by atoms with E-state index in [1.54, 1.807) is 0 Å². The van der Waals surface area contributed by atoms with Crippen LogP contribution in [-0.2, 0) is 43.3 Å². The zero-order valence-corrected chi connectivity index (χ0v) is 20.8. The summed E-state index contributed by atoms with van der Waals surface area (Å²) in [6.07, 6.45) is 7.70. The van der Waals surface area contributed by atoms with Gasteiger partial charge in [0, 0.05) is 6.20 Å². The molecule has 0 aromatic carbocycles. The number of carbonyl (C=O) groups is 1. The van der Waals surface area contributed by atoms with Crippen LogP contribution < -0.4 is 0 Å². The van der Waals surface area contributed by atoms with Gasteiger partial charge in [0.15, 0.2) is 0 Å². The van der Waals surface area contributed by atoms with Crippen LogP contribution in [0.5, 0.6) is 0 Å². The average molecular weight is 438 g/mol. The predicted molar refractivity (Wildman–Crippen MR) is 133 cm³/mol. The first-order chi connectivity index (χ1) is 15.5. The molecule has 3 N–H and O–H groups in total. The summed E-state index contributed by atoms with van der Waals surface area (Å²) in [6, 6.07) is 0. The molecule has 174 valence electrons. The highest BCUT2D eigenvalue weighted by molar-refractivity contribution is 5.92. The molecule has 0 fully saturated rings. The highest BCUT2D eigenvalue weighted by atomic mass is 16.5. The van der Waals surface area contributed by atoms with Gasteiger partial charge in [0.2, 0.25) is 0 Å². The Bertz CT molecular complexity index is 1080. The van der Waals surface area contributed by atoms with Crippen molar-refractivity contribution in [3.8, 4) is 22.8 Å². The van der Waals surface area contributed by atoms with Crippen LogP contribution >= 0.6 is 0 Å². The minimum Gasteiger partial charge on any atom is -0.461 e. The van der Waals surface area contributed by atoms with E-state index in [1.807, 2.05) is 6.92 Å². The van der Waals surface area contributed by atoms with Crippen LogP contribution in [0.1, 0.15) is 92.3 Å². The molecule has 3 heterocycles. The smallest absolute Gasteiger partial charge is 0.355 e. The van der Waals surface area contributed by atoms with E-state index < -0.39 is 0 Å². The third-order valence-corrected chi connectivity index (χ3v) is 6.64. The monoisotopic (exact) mass is 437 g/mol. The molecular formula is C27H39N3O2. The number of aryl methyl sites for hydroxylation is 1. The number of aromatic nitrogens is 3. The normalized spacial score (nSPS) is 11.3. The number of aromatic amines is 3. The van der Waals surface area contributed by atoms with E-state index >= 15 is 0 Å². The summed E-state index contributed by atoms with van der Waals surface area (Å²) >= 11 is 0. The molecule has 32 heavy (non-hydrogen) atoms. The minimum absolute atomic E-state index is 0.268. The molecule has 3 rings (SSSR count). The third-order valence-electron chi connectivity index (χ3n) is 6.64. The molecule has 0 saturated carbocycles. The van der Waals surface area contributed by atoms with Crippen molar-refractivity contribution in [2.24, 2.45) is 0 Å². The third kappa shape index (κ3) is 3.94. The molecule has 5 heteroatoms. The molecule has 0 aliphatic carbocycles. The van der Waals surface area contributed by atoms with Crippen LogP contribution in [0.3, 0.4) is 0 Å². The molecular weight excluding hydrogens is 398 g/mol. The Morgan fingerprint density at radius 1 is 0.656 bits per heavy atom. The highest BCUT2D eigenvalue weighted by Crippen LogP contribution is 2.39. The summed E-state index contributed by atoms with van der Waals surface area (Å²) in [5.74, 6) is -0.268. The highest BCUT2D eigenvalue weighted by Gasteiger charge is 2.27. The van der Waals surface area contributed by atoms with Crippen molar-refractivity contribution < 1.29 is 9.53 Å². The summed E-state index contributed by atoms with van der Waals surface area (Å²) in [4.78, 5) is 23.5. The molecule has 0 unspecified atom stereocenters. The van der Waals surface area contributed by atoms with Crippen molar-refractivity contribution in [2.45, 2.75) is 87.0 Å². The van der Waals surface area contributed by atoms with E-state index in [-0.39, 0.29) is 5.97 Å². The predicted octanol–water partition coefficient (Wildman–Crippen LogP) is 6.56. The lowest BCUT2D eigenvalue weighted by Crippen LogP contribution is -2.08. The first kappa shape index (κ1) is 24.0. The summed E-state index contributed by atoms with van der Waals surface area (Å²) < 4.78 is 5.36. The second-order valence-corrected chi connectivity index (χ2v) is 8.17. The number of hydrogen-bond acceptors (Lipinski definition) is 2. The molecule has 5 nitrogen and oxygen atoms in total. The van der Waals surface area contributed by atoms with Gasteiger partial charge in [-0.1, -0.05) is 41.5 Å². The van der Waals surface area contributed by atoms with E-state index in [9.17, 15) is 4.79 Å². The molecule has 3 aromatic heterocycles. The van der Waals surface area contributed by atoms with Gasteiger partial charge in [-0.2, -0.15) is 0 Å². The van der Waals surface area contributed by atoms with Crippen molar-refractivity contribution >= 4 is 5.97 Å². The van der Waals surface area contributed by atoms with Crippen LogP contribution in [0.2, 0.25) is 0 Å². The second-order valence-electron chi connectivity index (χ2n) is 8.17. The van der Waals surface area contributed by atoms with Gasteiger partial charge < -0.3 is 19.7 Å². The summed E-state index contributed by atoms with van der Waals surface area (Å²) in [6.45, 7) is 15.3. The molecule has 0 bridgehead atoms. The standard InChI is InChI=1S/C27H39N3O2/c1-8-16-15-28-22(17(16)9-2)23-18(10-3)19(11-4)24(29-23)25-20(12-5)21(13-6)26(30-25)27(31)32-14-7/h15,28-30H,8-14H2,1-7H3. The maximum absolute atomic E-state index is 12.7. The molecule has 0 atom stereocenters. The first-order valence-electron chi connectivity index (χ1n) is 12.3. The van der Waals surface area contributed by atoms with Crippen LogP contribution in [0.25, 0.3) is 22.8 Å². The molecule has 0 amide bonds. The first-order valence-corrected chi connectivity index (χ1v) is 12.3. The number of esters is 1. The van der Waals surface area contributed by atoms with Crippen LogP contribution in [0, 0.1) is 0 Å². The Balaban J connectivity index is 2.28. The molecule has 0 spiro atoms. The van der Waals surface area contributed by atoms with Gasteiger partial charge in [0.05, 0.1) is 29.4 Å². The topological polar surface area (TPSA) is 73.7 Å². The Morgan fingerprint density at radius 3 is 1.66 bits per heavy atom. The number of ether oxygens (including phenoxy) is 1. The van der Waals surface area contributed by atoms with Crippen LogP contribution in [-0.4, -0.2) is 27.5 Å². The maximum atomic E-state index is 12.7. The van der Waals surface area contributed by atoms with E-state index in [1.165, 1.54) is 39.2 Å².